The van der Waals surface area contributed by atoms with Gasteiger partial charge < -0.3 is 10.2 Å². The number of benzene rings is 1. The molecule has 0 aliphatic heterocycles. The zero-order valence-corrected chi connectivity index (χ0v) is 12.5. The maximum Gasteiger partial charge on any atom is 0.251 e. The first-order valence-corrected chi connectivity index (χ1v) is 6.71. The maximum absolute atomic E-state index is 12.2. The molecular formula is C15H23ClN2O. The number of carbonyl (C=O) groups excluding carboxylic acids is 1. The number of carbonyl (C=O) groups is 1. The molecule has 2 atom stereocenters. The zero-order chi connectivity index (χ0) is 13.0. The van der Waals surface area contributed by atoms with Gasteiger partial charge in [-0.3, -0.25) is 4.79 Å². The van der Waals surface area contributed by atoms with E-state index in [2.05, 4.69) is 24.3 Å². The molecule has 0 radical (unpaired) electrons. The number of halogens is 1. The van der Waals surface area contributed by atoms with Crippen molar-refractivity contribution in [2.24, 2.45) is 0 Å². The van der Waals surface area contributed by atoms with Gasteiger partial charge in [0.25, 0.3) is 5.91 Å². The van der Waals surface area contributed by atoms with Crippen molar-refractivity contribution < 1.29 is 4.79 Å². The third kappa shape index (κ3) is 4.22. The maximum atomic E-state index is 12.2. The molecule has 1 N–H and O–H groups in total. The van der Waals surface area contributed by atoms with Crippen molar-refractivity contribution in [1.29, 1.82) is 0 Å². The summed E-state index contributed by atoms with van der Waals surface area (Å²) in [6.45, 7) is 0. The summed E-state index contributed by atoms with van der Waals surface area (Å²) in [5.41, 5.74) is 0.751. The van der Waals surface area contributed by atoms with E-state index >= 15 is 0 Å². The second kappa shape index (κ2) is 7.51. The monoisotopic (exact) mass is 282 g/mol. The predicted octanol–water partition coefficient (Wildman–Crippen LogP) is 2.71. The minimum atomic E-state index is 0. The fourth-order valence-corrected chi connectivity index (χ4v) is 2.74. The van der Waals surface area contributed by atoms with Crippen LogP contribution < -0.4 is 5.32 Å². The molecule has 1 aliphatic rings. The number of rotatable bonds is 3. The molecule has 4 heteroatoms. The Morgan fingerprint density at radius 2 is 1.79 bits per heavy atom. The lowest BCUT2D eigenvalue weighted by Gasteiger charge is -2.36. The van der Waals surface area contributed by atoms with Crippen LogP contribution in [-0.4, -0.2) is 37.0 Å². The van der Waals surface area contributed by atoms with Gasteiger partial charge >= 0.3 is 0 Å². The standard InChI is InChI=1S/C15H22N2O.ClH/c1-17(2)14-11-7-6-10-13(14)16-15(18)12-8-4-3-5-9-12;/h3-5,8-9,13-14H,6-7,10-11H2,1-2H3,(H,16,18);1H. The first-order chi connectivity index (χ1) is 8.68. The Labute approximate surface area is 121 Å². The van der Waals surface area contributed by atoms with E-state index in [4.69, 9.17) is 0 Å². The van der Waals surface area contributed by atoms with Crippen LogP contribution in [-0.2, 0) is 0 Å². The van der Waals surface area contributed by atoms with Crippen molar-refractivity contribution in [3.63, 3.8) is 0 Å². The van der Waals surface area contributed by atoms with E-state index in [9.17, 15) is 4.79 Å². The molecule has 2 unspecified atom stereocenters. The Kier molecular flexibility index (Phi) is 6.32. The van der Waals surface area contributed by atoms with Crippen LogP contribution in [0.3, 0.4) is 0 Å². The predicted molar refractivity (Wildman–Crippen MR) is 80.9 cm³/mol. The summed E-state index contributed by atoms with van der Waals surface area (Å²) < 4.78 is 0. The molecule has 2 rings (SSSR count). The highest BCUT2D eigenvalue weighted by Gasteiger charge is 2.27. The average Bonchev–Trinajstić information content (AvgIpc) is 2.40. The van der Waals surface area contributed by atoms with E-state index in [-0.39, 0.29) is 24.4 Å². The highest BCUT2D eigenvalue weighted by molar-refractivity contribution is 5.94. The van der Waals surface area contributed by atoms with Gasteiger partial charge in [0.15, 0.2) is 0 Å². The molecule has 1 fully saturated rings. The highest BCUT2D eigenvalue weighted by atomic mass is 35.5. The lowest BCUT2D eigenvalue weighted by Crippen LogP contribution is -2.51. The molecule has 0 heterocycles. The number of likely N-dealkylation sites (N-methyl/N-ethyl adjacent to an activating group) is 1. The molecule has 3 nitrogen and oxygen atoms in total. The van der Waals surface area contributed by atoms with Gasteiger partial charge in [-0.1, -0.05) is 31.0 Å². The number of hydrogen-bond acceptors (Lipinski definition) is 2. The van der Waals surface area contributed by atoms with Gasteiger partial charge in [0.2, 0.25) is 0 Å². The molecule has 0 spiro atoms. The van der Waals surface area contributed by atoms with Gasteiger partial charge in [0, 0.05) is 17.6 Å². The minimum absolute atomic E-state index is 0. The van der Waals surface area contributed by atoms with E-state index in [0.717, 1.165) is 12.0 Å². The van der Waals surface area contributed by atoms with Crippen LogP contribution in [0, 0.1) is 0 Å². The van der Waals surface area contributed by atoms with Crippen LogP contribution in [0.4, 0.5) is 0 Å². The second-order valence-corrected chi connectivity index (χ2v) is 5.26. The lowest BCUT2D eigenvalue weighted by molar-refractivity contribution is 0.0883. The summed E-state index contributed by atoms with van der Waals surface area (Å²) in [7, 11) is 4.19. The third-order valence-corrected chi connectivity index (χ3v) is 3.75. The Hall–Kier alpha value is -1.06. The second-order valence-electron chi connectivity index (χ2n) is 5.26. The zero-order valence-electron chi connectivity index (χ0n) is 11.6. The average molecular weight is 283 g/mol. The summed E-state index contributed by atoms with van der Waals surface area (Å²) >= 11 is 0. The van der Waals surface area contributed by atoms with Gasteiger partial charge in [-0.2, -0.15) is 0 Å². The van der Waals surface area contributed by atoms with Crippen LogP contribution >= 0.6 is 12.4 Å². The molecule has 1 saturated carbocycles. The van der Waals surface area contributed by atoms with Crippen molar-refractivity contribution in [2.45, 2.75) is 37.8 Å². The summed E-state index contributed by atoms with van der Waals surface area (Å²) in [5, 5.41) is 3.19. The molecular weight excluding hydrogens is 260 g/mol. The van der Waals surface area contributed by atoms with Gasteiger partial charge in [0.05, 0.1) is 0 Å². The van der Waals surface area contributed by atoms with E-state index in [1.54, 1.807) is 0 Å². The number of nitrogens with one attached hydrogen (secondary N) is 1. The summed E-state index contributed by atoms with van der Waals surface area (Å²) in [4.78, 5) is 14.4. The van der Waals surface area contributed by atoms with E-state index in [1.807, 2.05) is 30.3 Å². The normalized spacial score (nSPS) is 22.7. The van der Waals surface area contributed by atoms with Gasteiger partial charge in [-0.05, 0) is 39.1 Å². The molecule has 0 bridgehead atoms. The van der Waals surface area contributed by atoms with Crippen molar-refractivity contribution in [1.82, 2.24) is 10.2 Å². The molecule has 0 aromatic heterocycles. The van der Waals surface area contributed by atoms with Crippen LogP contribution in [0.2, 0.25) is 0 Å². The summed E-state index contributed by atoms with van der Waals surface area (Å²) in [6.07, 6.45) is 4.73. The van der Waals surface area contributed by atoms with Gasteiger partial charge in [0.1, 0.15) is 0 Å². The van der Waals surface area contributed by atoms with Crippen LogP contribution in [0.15, 0.2) is 30.3 Å². The Balaban J connectivity index is 0.00000180. The lowest BCUT2D eigenvalue weighted by atomic mass is 9.89. The Morgan fingerprint density at radius 3 is 2.42 bits per heavy atom. The fraction of sp³-hybridized carbons (Fsp3) is 0.533. The van der Waals surface area contributed by atoms with Crippen molar-refractivity contribution in [3.05, 3.63) is 35.9 Å². The van der Waals surface area contributed by atoms with Crippen molar-refractivity contribution >= 4 is 18.3 Å². The van der Waals surface area contributed by atoms with E-state index in [0.29, 0.717) is 6.04 Å². The van der Waals surface area contributed by atoms with Gasteiger partial charge in [-0.25, -0.2) is 0 Å². The molecule has 1 aliphatic carbocycles. The van der Waals surface area contributed by atoms with Crippen molar-refractivity contribution in [2.75, 3.05) is 14.1 Å². The number of amides is 1. The first-order valence-electron chi connectivity index (χ1n) is 6.71. The topological polar surface area (TPSA) is 32.3 Å². The molecule has 106 valence electrons. The Morgan fingerprint density at radius 1 is 1.16 bits per heavy atom. The molecule has 1 amide bonds. The third-order valence-electron chi connectivity index (χ3n) is 3.75. The Bertz CT molecular complexity index is 394. The van der Waals surface area contributed by atoms with Gasteiger partial charge in [-0.15, -0.1) is 12.4 Å². The molecule has 0 saturated heterocycles. The number of hydrogen-bond donors (Lipinski definition) is 1. The SMILES string of the molecule is CN(C)C1CCCCC1NC(=O)c1ccccc1.Cl. The summed E-state index contributed by atoms with van der Waals surface area (Å²) in [6, 6.07) is 10.2. The fourth-order valence-electron chi connectivity index (χ4n) is 2.74. The number of nitrogens with zero attached hydrogens (tertiary/aromatic N) is 1. The van der Waals surface area contributed by atoms with E-state index in [1.165, 1.54) is 19.3 Å². The molecule has 1 aromatic carbocycles. The van der Waals surface area contributed by atoms with Crippen LogP contribution in [0.25, 0.3) is 0 Å². The summed E-state index contributed by atoms with van der Waals surface area (Å²) in [5.74, 6) is 0.0503. The molecule has 19 heavy (non-hydrogen) atoms. The van der Waals surface area contributed by atoms with Crippen LogP contribution in [0.1, 0.15) is 36.0 Å². The van der Waals surface area contributed by atoms with Crippen LogP contribution in [0.5, 0.6) is 0 Å². The largest absolute Gasteiger partial charge is 0.348 e. The molecule has 1 aromatic rings. The smallest absolute Gasteiger partial charge is 0.251 e. The first kappa shape index (κ1) is 16.0. The minimum Gasteiger partial charge on any atom is -0.348 e. The quantitative estimate of drug-likeness (QED) is 0.924. The van der Waals surface area contributed by atoms with E-state index < -0.39 is 0 Å². The highest BCUT2D eigenvalue weighted by Crippen LogP contribution is 2.22. The van der Waals surface area contributed by atoms with Crippen molar-refractivity contribution in [3.8, 4) is 0 Å².